The van der Waals surface area contributed by atoms with Crippen molar-refractivity contribution in [3.05, 3.63) is 58.3 Å². The van der Waals surface area contributed by atoms with Gasteiger partial charge in [0.15, 0.2) is 0 Å². The number of nitrogens with two attached hydrogens (primary N) is 1. The molecule has 0 bridgehead atoms. The van der Waals surface area contributed by atoms with E-state index >= 15 is 0 Å². The maximum Gasteiger partial charge on any atom is 0.0328 e. The van der Waals surface area contributed by atoms with E-state index in [0.717, 1.165) is 19.6 Å². The molecule has 1 aliphatic rings. The molecule has 0 amide bonds. The number of rotatable bonds is 3. The molecule has 2 nitrogen and oxygen atoms in total. The van der Waals surface area contributed by atoms with Crippen LogP contribution in [0.5, 0.6) is 0 Å². The molecule has 2 N–H and O–H groups in total. The lowest BCUT2D eigenvalue weighted by Crippen LogP contribution is -2.28. The van der Waals surface area contributed by atoms with Crippen molar-refractivity contribution in [3.8, 4) is 0 Å². The third-order valence-corrected chi connectivity index (χ3v) is 4.49. The number of thiophene rings is 1. The van der Waals surface area contributed by atoms with Crippen molar-refractivity contribution in [2.24, 2.45) is 5.73 Å². The van der Waals surface area contributed by atoms with Crippen LogP contribution in [0.3, 0.4) is 0 Å². The fourth-order valence-electron chi connectivity index (χ4n) is 2.72. The summed E-state index contributed by atoms with van der Waals surface area (Å²) < 4.78 is 0. The van der Waals surface area contributed by atoms with E-state index in [-0.39, 0.29) is 18.4 Å². The molecule has 1 aromatic carbocycles. The average Bonchev–Trinajstić information content (AvgIpc) is 3.01. The SMILES string of the molecule is Cl.N[C@@H]1CN(Cc2cccs2)C[C@H]1c1ccccc1. The Kier molecular flexibility index (Phi) is 4.99. The minimum Gasteiger partial charge on any atom is -0.326 e. The van der Waals surface area contributed by atoms with Crippen LogP contribution in [0.15, 0.2) is 47.8 Å². The van der Waals surface area contributed by atoms with Gasteiger partial charge in [0.05, 0.1) is 0 Å². The van der Waals surface area contributed by atoms with Crippen molar-refractivity contribution >= 4 is 23.7 Å². The van der Waals surface area contributed by atoms with Crippen LogP contribution in [0.25, 0.3) is 0 Å². The Bertz CT molecular complexity index is 486. The fourth-order valence-corrected chi connectivity index (χ4v) is 3.46. The minimum absolute atomic E-state index is 0. The van der Waals surface area contributed by atoms with Crippen LogP contribution >= 0.6 is 23.7 Å². The highest BCUT2D eigenvalue weighted by atomic mass is 35.5. The topological polar surface area (TPSA) is 29.3 Å². The Hall–Kier alpha value is -0.870. The van der Waals surface area contributed by atoms with Gasteiger partial charge >= 0.3 is 0 Å². The first-order valence-corrected chi connectivity index (χ1v) is 7.26. The molecule has 2 aromatic rings. The number of hydrogen-bond donors (Lipinski definition) is 1. The second-order valence-electron chi connectivity index (χ2n) is 4.95. The predicted octanol–water partition coefficient (Wildman–Crippen LogP) is 3.10. The molecule has 2 atom stereocenters. The maximum absolute atomic E-state index is 6.29. The van der Waals surface area contributed by atoms with E-state index in [0.29, 0.717) is 5.92 Å². The van der Waals surface area contributed by atoms with Crippen molar-refractivity contribution < 1.29 is 0 Å². The summed E-state index contributed by atoms with van der Waals surface area (Å²) in [6, 6.07) is 15.2. The van der Waals surface area contributed by atoms with Crippen molar-refractivity contribution in [2.45, 2.75) is 18.5 Å². The largest absolute Gasteiger partial charge is 0.326 e. The van der Waals surface area contributed by atoms with Gasteiger partial charge in [-0.25, -0.2) is 0 Å². The number of benzene rings is 1. The van der Waals surface area contributed by atoms with Crippen LogP contribution in [-0.4, -0.2) is 24.0 Å². The van der Waals surface area contributed by atoms with Crippen LogP contribution in [0.4, 0.5) is 0 Å². The van der Waals surface area contributed by atoms with Crippen LogP contribution in [-0.2, 0) is 6.54 Å². The first-order chi connectivity index (χ1) is 8.83. The summed E-state index contributed by atoms with van der Waals surface area (Å²) in [5.41, 5.74) is 7.67. The number of nitrogens with zero attached hydrogens (tertiary/aromatic N) is 1. The molecule has 1 aromatic heterocycles. The molecule has 0 unspecified atom stereocenters. The molecule has 2 heterocycles. The third kappa shape index (κ3) is 3.37. The van der Waals surface area contributed by atoms with Gasteiger partial charge in [-0.3, -0.25) is 4.90 Å². The van der Waals surface area contributed by atoms with Crippen molar-refractivity contribution in [1.82, 2.24) is 4.90 Å². The summed E-state index contributed by atoms with van der Waals surface area (Å²) in [7, 11) is 0. The summed E-state index contributed by atoms with van der Waals surface area (Å²) in [6.45, 7) is 3.11. The Morgan fingerprint density at radius 3 is 2.58 bits per heavy atom. The van der Waals surface area contributed by atoms with E-state index in [1.807, 2.05) is 11.3 Å². The molecule has 19 heavy (non-hydrogen) atoms. The molecule has 4 heteroatoms. The maximum atomic E-state index is 6.29. The fraction of sp³-hybridized carbons (Fsp3) is 0.333. The van der Waals surface area contributed by atoms with Gasteiger partial charge in [-0.1, -0.05) is 36.4 Å². The van der Waals surface area contributed by atoms with Crippen LogP contribution < -0.4 is 5.73 Å². The van der Waals surface area contributed by atoms with E-state index in [1.165, 1.54) is 10.4 Å². The Morgan fingerprint density at radius 2 is 1.89 bits per heavy atom. The first kappa shape index (κ1) is 14.5. The molecular weight excluding hydrogens is 276 g/mol. The van der Waals surface area contributed by atoms with Gasteiger partial charge in [0.25, 0.3) is 0 Å². The highest BCUT2D eigenvalue weighted by Crippen LogP contribution is 2.27. The highest BCUT2D eigenvalue weighted by Gasteiger charge is 2.30. The lowest BCUT2D eigenvalue weighted by atomic mass is 9.95. The van der Waals surface area contributed by atoms with Crippen molar-refractivity contribution in [1.29, 1.82) is 0 Å². The van der Waals surface area contributed by atoms with Gasteiger partial charge in [-0.15, -0.1) is 23.7 Å². The minimum atomic E-state index is 0. The molecule has 1 aliphatic heterocycles. The zero-order chi connectivity index (χ0) is 12.4. The zero-order valence-electron chi connectivity index (χ0n) is 10.7. The molecule has 1 fully saturated rings. The second kappa shape index (κ2) is 6.53. The molecule has 0 spiro atoms. The van der Waals surface area contributed by atoms with Gasteiger partial charge in [0.1, 0.15) is 0 Å². The van der Waals surface area contributed by atoms with E-state index in [4.69, 9.17) is 5.73 Å². The van der Waals surface area contributed by atoms with Gasteiger partial charge in [-0.05, 0) is 17.0 Å². The Balaban J connectivity index is 0.00000133. The number of hydrogen-bond acceptors (Lipinski definition) is 3. The highest BCUT2D eigenvalue weighted by molar-refractivity contribution is 7.09. The van der Waals surface area contributed by atoms with E-state index in [2.05, 4.69) is 52.7 Å². The molecule has 3 rings (SSSR count). The smallest absolute Gasteiger partial charge is 0.0328 e. The third-order valence-electron chi connectivity index (χ3n) is 3.63. The molecule has 1 saturated heterocycles. The second-order valence-corrected chi connectivity index (χ2v) is 5.99. The lowest BCUT2D eigenvalue weighted by molar-refractivity contribution is 0.327. The molecule has 102 valence electrons. The Labute approximate surface area is 124 Å². The van der Waals surface area contributed by atoms with Crippen molar-refractivity contribution in [2.75, 3.05) is 13.1 Å². The normalized spacial score (nSPS) is 23.2. The van der Waals surface area contributed by atoms with E-state index in [9.17, 15) is 0 Å². The summed E-state index contributed by atoms with van der Waals surface area (Å²) in [4.78, 5) is 3.89. The van der Waals surface area contributed by atoms with E-state index < -0.39 is 0 Å². The molecule has 0 aliphatic carbocycles. The quantitative estimate of drug-likeness (QED) is 0.942. The van der Waals surface area contributed by atoms with Crippen LogP contribution in [0.1, 0.15) is 16.4 Å². The summed E-state index contributed by atoms with van der Waals surface area (Å²) in [5.74, 6) is 0.478. The summed E-state index contributed by atoms with van der Waals surface area (Å²) in [5, 5.41) is 2.14. The van der Waals surface area contributed by atoms with Crippen molar-refractivity contribution in [3.63, 3.8) is 0 Å². The standard InChI is InChI=1S/C15H18N2S.ClH/c16-15-11-17(9-13-7-4-8-18-13)10-14(15)12-5-2-1-3-6-12;/h1-8,14-15H,9-11,16H2;1H/t14-,15+;/m0./s1. The lowest BCUT2D eigenvalue weighted by Gasteiger charge is -2.15. The van der Waals surface area contributed by atoms with Crippen LogP contribution in [0.2, 0.25) is 0 Å². The van der Waals surface area contributed by atoms with E-state index in [1.54, 1.807) is 0 Å². The summed E-state index contributed by atoms with van der Waals surface area (Å²) >= 11 is 1.83. The average molecular weight is 295 g/mol. The number of likely N-dealkylation sites (tertiary alicyclic amines) is 1. The monoisotopic (exact) mass is 294 g/mol. The Morgan fingerprint density at radius 1 is 1.11 bits per heavy atom. The zero-order valence-corrected chi connectivity index (χ0v) is 12.4. The summed E-state index contributed by atoms with van der Waals surface area (Å²) in [6.07, 6.45) is 0. The predicted molar refractivity (Wildman–Crippen MR) is 84.0 cm³/mol. The molecule has 0 saturated carbocycles. The van der Waals surface area contributed by atoms with Gasteiger partial charge < -0.3 is 5.73 Å². The van der Waals surface area contributed by atoms with Crippen LogP contribution in [0, 0.1) is 0 Å². The number of halogens is 1. The molecular formula is C15H19ClN2S. The van der Waals surface area contributed by atoms with Gasteiger partial charge in [0, 0.05) is 36.5 Å². The van der Waals surface area contributed by atoms with Gasteiger partial charge in [0.2, 0.25) is 0 Å². The van der Waals surface area contributed by atoms with Gasteiger partial charge in [-0.2, -0.15) is 0 Å². The molecule has 0 radical (unpaired) electrons. The first-order valence-electron chi connectivity index (χ1n) is 6.38.